The Morgan fingerprint density at radius 1 is 1.47 bits per heavy atom. The lowest BCUT2D eigenvalue weighted by atomic mass is 10.1. The number of likely N-dealkylation sites (tertiary alicyclic amines) is 1. The second kappa shape index (κ2) is 4.91. The molecule has 1 amide bonds. The van der Waals surface area contributed by atoms with Crippen LogP contribution in [0.15, 0.2) is 0 Å². The van der Waals surface area contributed by atoms with E-state index in [1.807, 2.05) is 6.92 Å². The Labute approximate surface area is 88.4 Å². The van der Waals surface area contributed by atoms with Crippen molar-refractivity contribution in [2.45, 2.75) is 20.3 Å². The largest absolute Gasteiger partial charge is 0.465 e. The highest BCUT2D eigenvalue weighted by Gasteiger charge is 2.43. The van der Waals surface area contributed by atoms with Crippen LogP contribution in [0.25, 0.3) is 0 Å². The predicted octanol–water partition coefficient (Wildman–Crippen LogP) is -0.0130. The normalized spacial score (nSPS) is 20.9. The van der Waals surface area contributed by atoms with E-state index >= 15 is 0 Å². The Hall–Kier alpha value is -1.39. The van der Waals surface area contributed by atoms with Crippen molar-refractivity contribution in [3.63, 3.8) is 0 Å². The van der Waals surface area contributed by atoms with Crippen LogP contribution in [0.3, 0.4) is 0 Å². The lowest BCUT2D eigenvalue weighted by Crippen LogP contribution is -2.27. The Morgan fingerprint density at radius 3 is 2.67 bits per heavy atom. The van der Waals surface area contributed by atoms with E-state index in [1.165, 1.54) is 4.90 Å². The highest BCUT2D eigenvalue weighted by Crippen LogP contribution is 2.15. The van der Waals surface area contributed by atoms with Crippen LogP contribution in [0.5, 0.6) is 0 Å². The van der Waals surface area contributed by atoms with Gasteiger partial charge in [-0.25, -0.2) is 0 Å². The van der Waals surface area contributed by atoms with E-state index in [1.54, 1.807) is 6.92 Å². The summed E-state index contributed by atoms with van der Waals surface area (Å²) in [6, 6.07) is 0. The van der Waals surface area contributed by atoms with Crippen molar-refractivity contribution in [3.8, 4) is 0 Å². The summed E-state index contributed by atoms with van der Waals surface area (Å²) >= 11 is 0. The number of rotatable bonds is 4. The standard InChI is InChI=1S/C10H15NO4/c1-3-5-11-6-7(8(12)9(11)13)10(14)15-4-2/h7H,3-6H2,1-2H3. The van der Waals surface area contributed by atoms with Crippen LogP contribution < -0.4 is 0 Å². The summed E-state index contributed by atoms with van der Waals surface area (Å²) < 4.78 is 4.73. The molecule has 1 fully saturated rings. The smallest absolute Gasteiger partial charge is 0.318 e. The van der Waals surface area contributed by atoms with Gasteiger partial charge in [0.05, 0.1) is 6.61 Å². The summed E-state index contributed by atoms with van der Waals surface area (Å²) in [7, 11) is 0. The van der Waals surface area contributed by atoms with Gasteiger partial charge in [0.15, 0.2) is 0 Å². The van der Waals surface area contributed by atoms with E-state index in [0.717, 1.165) is 6.42 Å². The fraction of sp³-hybridized carbons (Fsp3) is 0.700. The molecular formula is C10H15NO4. The zero-order valence-corrected chi connectivity index (χ0v) is 8.99. The van der Waals surface area contributed by atoms with Crippen LogP contribution in [0.2, 0.25) is 0 Å². The first-order valence-corrected chi connectivity index (χ1v) is 5.11. The van der Waals surface area contributed by atoms with Crippen molar-refractivity contribution in [2.75, 3.05) is 19.7 Å². The first kappa shape index (κ1) is 11.7. The highest BCUT2D eigenvalue weighted by molar-refractivity contribution is 6.42. The molecule has 1 unspecified atom stereocenters. The van der Waals surface area contributed by atoms with E-state index in [4.69, 9.17) is 4.74 Å². The maximum Gasteiger partial charge on any atom is 0.318 e. The molecule has 1 heterocycles. The molecule has 0 spiro atoms. The van der Waals surface area contributed by atoms with Crippen molar-refractivity contribution in [1.82, 2.24) is 4.90 Å². The van der Waals surface area contributed by atoms with Crippen LogP contribution >= 0.6 is 0 Å². The predicted molar refractivity (Wildman–Crippen MR) is 52.0 cm³/mol. The number of esters is 1. The third kappa shape index (κ3) is 2.34. The van der Waals surface area contributed by atoms with E-state index in [0.29, 0.717) is 6.54 Å². The third-order valence-corrected chi connectivity index (χ3v) is 2.28. The van der Waals surface area contributed by atoms with Gasteiger partial charge in [-0.2, -0.15) is 0 Å². The molecule has 0 aromatic heterocycles. The molecule has 1 aliphatic rings. The molecule has 1 aliphatic heterocycles. The number of hydrogen-bond acceptors (Lipinski definition) is 4. The summed E-state index contributed by atoms with van der Waals surface area (Å²) in [5, 5.41) is 0. The maximum absolute atomic E-state index is 11.4. The number of carbonyl (C=O) groups is 3. The fourth-order valence-electron chi connectivity index (χ4n) is 1.58. The molecule has 0 aliphatic carbocycles. The van der Waals surface area contributed by atoms with Gasteiger partial charge in [0.2, 0.25) is 5.78 Å². The van der Waals surface area contributed by atoms with Crippen LogP contribution in [0.4, 0.5) is 0 Å². The third-order valence-electron chi connectivity index (χ3n) is 2.28. The first-order chi connectivity index (χ1) is 7.11. The number of Topliss-reactive ketones (excluding diaryl/α,β-unsaturated/α-hetero) is 1. The molecule has 1 rings (SSSR count). The Kier molecular flexibility index (Phi) is 3.82. The van der Waals surface area contributed by atoms with E-state index in [-0.39, 0.29) is 13.2 Å². The second-order valence-electron chi connectivity index (χ2n) is 3.42. The van der Waals surface area contributed by atoms with Crippen LogP contribution in [0.1, 0.15) is 20.3 Å². The quantitative estimate of drug-likeness (QED) is 0.374. The molecule has 0 bridgehead atoms. The molecule has 1 atom stereocenters. The highest BCUT2D eigenvalue weighted by atomic mass is 16.5. The number of nitrogens with zero attached hydrogens (tertiary/aromatic N) is 1. The molecule has 0 aromatic carbocycles. The average molecular weight is 213 g/mol. The number of hydrogen-bond donors (Lipinski definition) is 0. The molecule has 5 nitrogen and oxygen atoms in total. The van der Waals surface area contributed by atoms with Gasteiger partial charge in [-0.3, -0.25) is 14.4 Å². The summed E-state index contributed by atoms with van der Waals surface area (Å²) in [4.78, 5) is 35.5. The molecule has 0 radical (unpaired) electrons. The van der Waals surface area contributed by atoms with Gasteiger partial charge in [0.1, 0.15) is 5.92 Å². The Morgan fingerprint density at radius 2 is 2.13 bits per heavy atom. The van der Waals surface area contributed by atoms with Crippen molar-refractivity contribution >= 4 is 17.7 Å². The van der Waals surface area contributed by atoms with Crippen LogP contribution in [0, 0.1) is 5.92 Å². The summed E-state index contributed by atoms with van der Waals surface area (Å²) in [6.45, 7) is 4.49. The van der Waals surface area contributed by atoms with E-state index < -0.39 is 23.6 Å². The van der Waals surface area contributed by atoms with Gasteiger partial charge in [-0.1, -0.05) is 6.92 Å². The molecule has 0 N–H and O–H groups in total. The minimum atomic E-state index is -0.913. The minimum Gasteiger partial charge on any atom is -0.465 e. The van der Waals surface area contributed by atoms with Gasteiger partial charge in [-0.05, 0) is 13.3 Å². The van der Waals surface area contributed by atoms with Gasteiger partial charge >= 0.3 is 5.97 Å². The number of amides is 1. The molecule has 1 saturated heterocycles. The van der Waals surface area contributed by atoms with E-state index in [2.05, 4.69) is 0 Å². The number of carbonyl (C=O) groups excluding carboxylic acids is 3. The topological polar surface area (TPSA) is 63.7 Å². The number of ketones is 1. The van der Waals surface area contributed by atoms with Gasteiger partial charge in [-0.15, -0.1) is 0 Å². The van der Waals surface area contributed by atoms with Crippen molar-refractivity contribution in [3.05, 3.63) is 0 Å². The Bertz CT molecular complexity index is 287. The molecule has 5 heteroatoms. The maximum atomic E-state index is 11.4. The van der Waals surface area contributed by atoms with Crippen molar-refractivity contribution in [2.24, 2.45) is 5.92 Å². The van der Waals surface area contributed by atoms with Gasteiger partial charge < -0.3 is 9.64 Å². The SMILES string of the molecule is CCCN1CC(C(=O)OCC)C(=O)C1=O. The van der Waals surface area contributed by atoms with Gasteiger partial charge in [0.25, 0.3) is 5.91 Å². The molecular weight excluding hydrogens is 198 g/mol. The lowest BCUT2D eigenvalue weighted by Gasteiger charge is -2.13. The second-order valence-corrected chi connectivity index (χ2v) is 3.42. The molecule has 15 heavy (non-hydrogen) atoms. The van der Waals surface area contributed by atoms with Gasteiger partial charge in [0, 0.05) is 13.1 Å². The zero-order valence-electron chi connectivity index (χ0n) is 8.99. The molecule has 84 valence electrons. The zero-order chi connectivity index (χ0) is 11.4. The minimum absolute atomic E-state index is 0.171. The average Bonchev–Trinajstić information content (AvgIpc) is 2.47. The Balaban J connectivity index is 2.66. The fourth-order valence-corrected chi connectivity index (χ4v) is 1.58. The van der Waals surface area contributed by atoms with Crippen LogP contribution in [-0.4, -0.2) is 42.3 Å². The van der Waals surface area contributed by atoms with Crippen molar-refractivity contribution in [1.29, 1.82) is 0 Å². The molecule has 0 aromatic rings. The summed E-state index contributed by atoms with van der Waals surface area (Å²) in [6.07, 6.45) is 0.772. The van der Waals surface area contributed by atoms with Crippen molar-refractivity contribution < 1.29 is 19.1 Å². The summed E-state index contributed by atoms with van der Waals surface area (Å²) in [5.41, 5.74) is 0. The summed E-state index contributed by atoms with van der Waals surface area (Å²) in [5.74, 6) is -2.70. The lowest BCUT2D eigenvalue weighted by molar-refractivity contribution is -0.151. The monoisotopic (exact) mass is 213 g/mol. The van der Waals surface area contributed by atoms with Crippen LogP contribution in [-0.2, 0) is 19.1 Å². The number of ether oxygens (including phenoxy) is 1. The van der Waals surface area contributed by atoms with E-state index in [9.17, 15) is 14.4 Å². The first-order valence-electron chi connectivity index (χ1n) is 5.11. The molecule has 0 saturated carbocycles.